The summed E-state index contributed by atoms with van der Waals surface area (Å²) in [7, 11) is -2.98. The molecule has 0 spiro atoms. The van der Waals surface area contributed by atoms with Crippen LogP contribution in [0.15, 0.2) is 24.3 Å². The number of nitrogens with one attached hydrogen (secondary N) is 1. The van der Waals surface area contributed by atoms with Crippen molar-refractivity contribution in [1.82, 2.24) is 0 Å². The fourth-order valence-electron chi connectivity index (χ4n) is 2.40. The Morgan fingerprint density at radius 1 is 1.27 bits per heavy atom. The van der Waals surface area contributed by atoms with Crippen LogP contribution >= 0.6 is 11.8 Å². The number of rotatable bonds is 7. The van der Waals surface area contributed by atoms with E-state index in [4.69, 9.17) is 4.74 Å². The molecule has 142 valence electrons. The first-order chi connectivity index (χ1) is 12.2. The number of ether oxygens (including phenoxy) is 1. The van der Waals surface area contributed by atoms with Crippen molar-refractivity contribution in [1.29, 1.82) is 0 Å². The van der Waals surface area contributed by atoms with Crippen LogP contribution in [0.2, 0.25) is 0 Å². The first-order valence-corrected chi connectivity index (χ1v) is 11.0. The Balaban J connectivity index is 1.77. The minimum absolute atomic E-state index is 0.00507. The maximum absolute atomic E-state index is 12.1. The third kappa shape index (κ3) is 6.14. The van der Waals surface area contributed by atoms with Crippen molar-refractivity contribution in [3.63, 3.8) is 0 Å². The molecule has 0 unspecified atom stereocenters. The molecule has 7 nitrogen and oxygen atoms in total. The number of thioether (sulfide) groups is 1. The van der Waals surface area contributed by atoms with Crippen molar-refractivity contribution in [2.45, 2.75) is 31.6 Å². The Kier molecular flexibility index (Phi) is 6.82. The molecule has 1 amide bonds. The minimum atomic E-state index is -2.98. The monoisotopic (exact) mass is 399 g/mol. The first-order valence-electron chi connectivity index (χ1n) is 8.09. The number of amides is 1. The van der Waals surface area contributed by atoms with Gasteiger partial charge in [-0.05, 0) is 44.5 Å². The molecule has 1 saturated heterocycles. The summed E-state index contributed by atoms with van der Waals surface area (Å²) in [5.74, 6) is -0.877. The smallest absolute Gasteiger partial charge is 0.316 e. The van der Waals surface area contributed by atoms with E-state index in [-0.39, 0.29) is 28.3 Å². The summed E-state index contributed by atoms with van der Waals surface area (Å²) in [4.78, 5) is 35.1. The second-order valence-electron chi connectivity index (χ2n) is 6.09. The van der Waals surface area contributed by atoms with E-state index >= 15 is 0 Å². The second-order valence-corrected chi connectivity index (χ2v) is 9.61. The lowest BCUT2D eigenvalue weighted by Gasteiger charge is -2.14. The van der Waals surface area contributed by atoms with Crippen molar-refractivity contribution in [2.24, 2.45) is 0 Å². The molecule has 1 aliphatic rings. The van der Waals surface area contributed by atoms with Crippen molar-refractivity contribution < 1.29 is 27.5 Å². The molecule has 1 N–H and O–H groups in total. The maximum atomic E-state index is 12.1. The molecule has 0 bridgehead atoms. The van der Waals surface area contributed by atoms with E-state index in [1.807, 2.05) is 0 Å². The van der Waals surface area contributed by atoms with E-state index in [0.717, 1.165) is 0 Å². The number of sulfone groups is 1. The number of esters is 1. The average molecular weight is 399 g/mol. The van der Waals surface area contributed by atoms with Crippen molar-refractivity contribution in [3.05, 3.63) is 29.8 Å². The number of Topliss-reactive ketones (excluding diaryl/α,β-unsaturated/α-hetero) is 1. The lowest BCUT2D eigenvalue weighted by atomic mass is 10.1. The summed E-state index contributed by atoms with van der Waals surface area (Å²) < 4.78 is 27.8. The van der Waals surface area contributed by atoms with Gasteiger partial charge in [0.2, 0.25) is 0 Å². The molecule has 26 heavy (non-hydrogen) atoms. The Hall–Kier alpha value is -1.87. The van der Waals surface area contributed by atoms with Crippen LogP contribution < -0.4 is 5.32 Å². The number of carbonyl (C=O) groups is 3. The van der Waals surface area contributed by atoms with Crippen molar-refractivity contribution in [2.75, 3.05) is 22.6 Å². The Morgan fingerprint density at radius 2 is 1.92 bits per heavy atom. The highest BCUT2D eigenvalue weighted by Crippen LogP contribution is 2.24. The topological polar surface area (TPSA) is 107 Å². The molecule has 2 atom stereocenters. The molecule has 9 heteroatoms. The summed E-state index contributed by atoms with van der Waals surface area (Å²) in [6.07, 6.45) is -0.449. The van der Waals surface area contributed by atoms with Gasteiger partial charge in [-0.3, -0.25) is 14.4 Å². The van der Waals surface area contributed by atoms with E-state index in [1.54, 1.807) is 24.3 Å². The number of benzene rings is 1. The lowest BCUT2D eigenvalue weighted by Crippen LogP contribution is -2.30. The molecule has 0 aromatic heterocycles. The summed E-state index contributed by atoms with van der Waals surface area (Å²) >= 11 is 1.24. The Labute approximate surface area is 156 Å². The molecule has 0 saturated carbocycles. The van der Waals surface area contributed by atoms with Gasteiger partial charge in [0.15, 0.2) is 21.7 Å². The normalized spacial score (nSPS) is 19.5. The fourth-order valence-corrected chi connectivity index (χ4v) is 5.82. The number of ketones is 1. The Bertz CT molecular complexity index is 788. The molecule has 1 fully saturated rings. The van der Waals surface area contributed by atoms with E-state index in [1.165, 1.54) is 25.6 Å². The lowest BCUT2D eigenvalue weighted by molar-refractivity contribution is -0.150. The van der Waals surface area contributed by atoms with Gasteiger partial charge in [-0.2, -0.15) is 0 Å². The highest BCUT2D eigenvalue weighted by atomic mass is 32.2. The molecule has 0 aliphatic carbocycles. The van der Waals surface area contributed by atoms with Crippen LogP contribution in [0.25, 0.3) is 0 Å². The minimum Gasteiger partial charge on any atom is -0.452 e. The quantitative estimate of drug-likeness (QED) is 0.549. The summed E-state index contributed by atoms with van der Waals surface area (Å²) in [6, 6.07) is 6.39. The van der Waals surface area contributed by atoms with Gasteiger partial charge in [0.05, 0.1) is 17.3 Å². The van der Waals surface area contributed by atoms with Crippen LogP contribution in [0.3, 0.4) is 0 Å². The molecular weight excluding hydrogens is 378 g/mol. The molecule has 1 heterocycles. The van der Waals surface area contributed by atoms with Gasteiger partial charge in [0, 0.05) is 16.5 Å². The molecule has 1 aromatic rings. The third-order valence-corrected chi connectivity index (χ3v) is 7.12. The van der Waals surface area contributed by atoms with E-state index in [0.29, 0.717) is 17.7 Å². The van der Waals surface area contributed by atoms with E-state index in [2.05, 4.69) is 5.32 Å². The van der Waals surface area contributed by atoms with Crippen molar-refractivity contribution >= 4 is 44.9 Å². The van der Waals surface area contributed by atoms with Crippen LogP contribution in [0.5, 0.6) is 0 Å². The fraction of sp³-hybridized carbons (Fsp3) is 0.471. The zero-order valence-corrected chi connectivity index (χ0v) is 16.2. The first kappa shape index (κ1) is 20.4. The molecule has 1 aliphatic heterocycles. The number of hydrogen-bond acceptors (Lipinski definition) is 7. The van der Waals surface area contributed by atoms with Crippen LogP contribution in [0, 0.1) is 0 Å². The third-order valence-electron chi connectivity index (χ3n) is 3.86. The van der Waals surface area contributed by atoms with Gasteiger partial charge in [0.25, 0.3) is 5.91 Å². The summed E-state index contributed by atoms with van der Waals surface area (Å²) in [5.41, 5.74) is 1.03. The van der Waals surface area contributed by atoms with Crippen LogP contribution in [-0.2, 0) is 24.2 Å². The van der Waals surface area contributed by atoms with Gasteiger partial charge >= 0.3 is 5.97 Å². The van der Waals surface area contributed by atoms with Gasteiger partial charge in [0.1, 0.15) is 0 Å². The number of carbonyl (C=O) groups excluding carboxylic acids is 3. The molecule has 1 aromatic carbocycles. The SMILES string of the molecule is CC(=O)c1ccc(NC(=O)[C@H](C)OC(=O)CS[C@H]2CCS(=O)(=O)C2)cc1. The highest BCUT2D eigenvalue weighted by Gasteiger charge is 2.29. The van der Waals surface area contributed by atoms with Gasteiger partial charge in [-0.25, -0.2) is 8.42 Å². The largest absolute Gasteiger partial charge is 0.452 e. The zero-order valence-electron chi connectivity index (χ0n) is 14.6. The summed E-state index contributed by atoms with van der Waals surface area (Å²) in [6.45, 7) is 2.91. The number of hydrogen-bond donors (Lipinski definition) is 1. The van der Waals surface area contributed by atoms with Crippen LogP contribution in [-0.4, -0.2) is 54.7 Å². The van der Waals surface area contributed by atoms with Gasteiger partial charge < -0.3 is 10.1 Å². The Morgan fingerprint density at radius 3 is 2.46 bits per heavy atom. The predicted molar refractivity (Wildman–Crippen MR) is 100 cm³/mol. The van der Waals surface area contributed by atoms with Crippen LogP contribution in [0.4, 0.5) is 5.69 Å². The van der Waals surface area contributed by atoms with Crippen molar-refractivity contribution in [3.8, 4) is 0 Å². The van der Waals surface area contributed by atoms with Gasteiger partial charge in [-0.1, -0.05) is 0 Å². The highest BCUT2D eigenvalue weighted by molar-refractivity contribution is 8.02. The molecular formula is C17H21NO6S2. The predicted octanol–water partition coefficient (Wildman–Crippen LogP) is 1.68. The standard InChI is InChI=1S/C17H21NO6S2/c1-11(19)13-3-5-14(6-4-13)18-17(21)12(2)24-16(20)9-25-15-7-8-26(22,23)10-15/h3-6,12,15H,7-10H2,1-2H3,(H,18,21)/t12-,15-/m0/s1. The number of anilines is 1. The second kappa shape index (κ2) is 8.68. The molecule has 2 rings (SSSR count). The van der Waals surface area contributed by atoms with E-state index < -0.39 is 27.8 Å². The zero-order chi connectivity index (χ0) is 19.3. The van der Waals surface area contributed by atoms with E-state index in [9.17, 15) is 22.8 Å². The van der Waals surface area contributed by atoms with Crippen LogP contribution in [0.1, 0.15) is 30.6 Å². The van der Waals surface area contributed by atoms with Gasteiger partial charge in [-0.15, -0.1) is 11.8 Å². The molecule has 0 radical (unpaired) electrons. The average Bonchev–Trinajstić information content (AvgIpc) is 2.92. The maximum Gasteiger partial charge on any atom is 0.316 e. The summed E-state index contributed by atoms with van der Waals surface area (Å²) in [5, 5.41) is 2.51.